The molecule has 0 heterocycles. The van der Waals surface area contributed by atoms with E-state index in [1.165, 1.54) is 12.7 Å². The van der Waals surface area contributed by atoms with Crippen molar-refractivity contribution in [2.75, 3.05) is 19.3 Å². The van der Waals surface area contributed by atoms with Crippen molar-refractivity contribution in [2.45, 2.75) is 50.3 Å². The van der Waals surface area contributed by atoms with Gasteiger partial charge in [-0.3, -0.25) is 5.32 Å². The molecule has 0 aliphatic carbocycles. The van der Waals surface area contributed by atoms with Gasteiger partial charge in [0.25, 0.3) is 0 Å². The first-order valence-electron chi connectivity index (χ1n) is 7.81. The molecule has 0 saturated heterocycles. The molecule has 1 aromatic carbocycles. The Bertz CT molecular complexity index is 513. The van der Waals surface area contributed by atoms with E-state index in [0.717, 1.165) is 44.5 Å². The first-order chi connectivity index (χ1) is 10.4. The predicted molar refractivity (Wildman–Crippen MR) is 89.4 cm³/mol. The van der Waals surface area contributed by atoms with Gasteiger partial charge in [-0.05, 0) is 50.6 Å². The van der Waals surface area contributed by atoms with E-state index in [9.17, 15) is 8.42 Å². The Kier molecular flexibility index (Phi) is 8.63. The van der Waals surface area contributed by atoms with Crippen molar-refractivity contribution in [3.8, 4) is 0 Å². The first kappa shape index (κ1) is 19.1. The van der Waals surface area contributed by atoms with Crippen molar-refractivity contribution in [3.05, 3.63) is 29.8 Å². The largest absolute Gasteiger partial charge is 0.379 e. The summed E-state index contributed by atoms with van der Waals surface area (Å²) in [7, 11) is -3.11. The Morgan fingerprint density at radius 3 is 2.18 bits per heavy atom. The van der Waals surface area contributed by atoms with Gasteiger partial charge in [0.05, 0.1) is 4.90 Å². The predicted octanol–water partition coefficient (Wildman–Crippen LogP) is 1.67. The molecule has 5 nitrogen and oxygen atoms in total. The Morgan fingerprint density at radius 1 is 1.05 bits per heavy atom. The summed E-state index contributed by atoms with van der Waals surface area (Å²) in [5, 5.41) is 15.4. The normalized spacial score (nSPS) is 13.2. The number of aliphatic hydroxyl groups is 1. The molecule has 0 aliphatic heterocycles. The highest BCUT2D eigenvalue weighted by atomic mass is 32.2. The van der Waals surface area contributed by atoms with Crippen LogP contribution in [0, 0.1) is 0 Å². The minimum absolute atomic E-state index is 0.363. The minimum atomic E-state index is -3.11. The SMILES string of the molecule is CC(O)NCCCCCCNCc1ccc(S(C)(=O)=O)cc1. The maximum atomic E-state index is 11.4. The fourth-order valence-electron chi connectivity index (χ4n) is 2.13. The molecule has 0 aliphatic rings. The zero-order chi connectivity index (χ0) is 16.4. The summed E-state index contributed by atoms with van der Waals surface area (Å²) in [5.41, 5.74) is 1.09. The van der Waals surface area contributed by atoms with Gasteiger partial charge >= 0.3 is 0 Å². The van der Waals surface area contributed by atoms with Crippen LogP contribution in [0.25, 0.3) is 0 Å². The lowest BCUT2D eigenvalue weighted by Gasteiger charge is -2.07. The van der Waals surface area contributed by atoms with Gasteiger partial charge in [0.1, 0.15) is 6.23 Å². The lowest BCUT2D eigenvalue weighted by atomic mass is 10.2. The average Bonchev–Trinajstić information content (AvgIpc) is 2.45. The fraction of sp³-hybridized carbons (Fsp3) is 0.625. The molecule has 1 atom stereocenters. The van der Waals surface area contributed by atoms with Crippen molar-refractivity contribution < 1.29 is 13.5 Å². The van der Waals surface area contributed by atoms with Crippen LogP contribution in [0.15, 0.2) is 29.2 Å². The van der Waals surface area contributed by atoms with Crippen LogP contribution in [-0.4, -0.2) is 39.1 Å². The van der Waals surface area contributed by atoms with Crippen molar-refractivity contribution in [3.63, 3.8) is 0 Å². The van der Waals surface area contributed by atoms with Crippen LogP contribution in [-0.2, 0) is 16.4 Å². The average molecular weight is 328 g/mol. The number of hydrogen-bond donors (Lipinski definition) is 3. The summed E-state index contributed by atoms with van der Waals surface area (Å²) < 4.78 is 22.7. The van der Waals surface area contributed by atoms with Crippen LogP contribution in [0.1, 0.15) is 38.2 Å². The van der Waals surface area contributed by atoms with Crippen molar-refractivity contribution >= 4 is 9.84 Å². The molecule has 3 N–H and O–H groups in total. The number of nitrogens with one attached hydrogen (secondary N) is 2. The maximum Gasteiger partial charge on any atom is 0.175 e. The Hall–Kier alpha value is -0.950. The summed E-state index contributed by atoms with van der Waals surface area (Å²) >= 11 is 0. The molecule has 1 aromatic rings. The number of hydrogen-bond acceptors (Lipinski definition) is 5. The molecular formula is C16H28N2O3S. The summed E-state index contributed by atoms with van der Waals surface area (Å²) in [4.78, 5) is 0.363. The zero-order valence-electron chi connectivity index (χ0n) is 13.5. The van der Waals surface area contributed by atoms with E-state index in [1.807, 2.05) is 12.1 Å². The molecule has 0 bridgehead atoms. The molecule has 6 heteroatoms. The van der Waals surface area contributed by atoms with Crippen LogP contribution in [0.5, 0.6) is 0 Å². The number of rotatable bonds is 11. The van der Waals surface area contributed by atoms with Gasteiger partial charge in [-0.2, -0.15) is 0 Å². The second kappa shape index (κ2) is 9.94. The van der Waals surface area contributed by atoms with Crippen LogP contribution >= 0.6 is 0 Å². The highest BCUT2D eigenvalue weighted by molar-refractivity contribution is 7.90. The third-order valence-corrected chi connectivity index (χ3v) is 4.53. The number of benzene rings is 1. The number of sulfone groups is 1. The summed E-state index contributed by atoms with van der Waals surface area (Å²) in [5.74, 6) is 0. The van der Waals surface area contributed by atoms with E-state index in [2.05, 4.69) is 10.6 Å². The molecule has 1 rings (SSSR count). The quantitative estimate of drug-likeness (QED) is 0.425. The van der Waals surface area contributed by atoms with Gasteiger partial charge in [-0.15, -0.1) is 0 Å². The lowest BCUT2D eigenvalue weighted by molar-refractivity contribution is 0.156. The maximum absolute atomic E-state index is 11.4. The molecule has 0 saturated carbocycles. The van der Waals surface area contributed by atoms with Crippen LogP contribution < -0.4 is 10.6 Å². The minimum Gasteiger partial charge on any atom is -0.379 e. The Morgan fingerprint density at radius 2 is 1.64 bits per heavy atom. The molecular weight excluding hydrogens is 300 g/mol. The van der Waals surface area contributed by atoms with Gasteiger partial charge in [0.15, 0.2) is 9.84 Å². The van der Waals surface area contributed by atoms with Gasteiger partial charge in [-0.25, -0.2) is 8.42 Å². The lowest BCUT2D eigenvalue weighted by Crippen LogP contribution is -2.26. The van der Waals surface area contributed by atoms with E-state index < -0.39 is 16.1 Å². The molecule has 22 heavy (non-hydrogen) atoms. The summed E-state index contributed by atoms with van der Waals surface area (Å²) in [6.45, 7) is 4.30. The van der Waals surface area contributed by atoms with E-state index in [1.54, 1.807) is 19.1 Å². The summed E-state index contributed by atoms with van der Waals surface area (Å²) in [6.07, 6.45) is 5.33. The third kappa shape index (κ3) is 8.48. The fourth-order valence-corrected chi connectivity index (χ4v) is 2.76. The Labute approximate surface area is 134 Å². The van der Waals surface area contributed by atoms with Crippen molar-refractivity contribution in [1.29, 1.82) is 0 Å². The van der Waals surface area contributed by atoms with E-state index in [4.69, 9.17) is 5.11 Å². The van der Waals surface area contributed by atoms with E-state index in [0.29, 0.717) is 4.90 Å². The molecule has 0 spiro atoms. The monoisotopic (exact) mass is 328 g/mol. The standard InChI is InChI=1S/C16H28N2O3S/c1-14(19)18-12-6-4-3-5-11-17-13-15-7-9-16(10-8-15)22(2,20)21/h7-10,14,17-19H,3-6,11-13H2,1-2H3. The molecule has 0 fully saturated rings. The van der Waals surface area contributed by atoms with E-state index in [-0.39, 0.29) is 0 Å². The second-order valence-electron chi connectivity index (χ2n) is 5.64. The zero-order valence-corrected chi connectivity index (χ0v) is 14.3. The highest BCUT2D eigenvalue weighted by Gasteiger charge is 2.05. The van der Waals surface area contributed by atoms with E-state index >= 15 is 0 Å². The van der Waals surface area contributed by atoms with Crippen molar-refractivity contribution in [2.24, 2.45) is 0 Å². The third-order valence-electron chi connectivity index (χ3n) is 3.40. The van der Waals surface area contributed by atoms with Crippen LogP contribution in [0.2, 0.25) is 0 Å². The second-order valence-corrected chi connectivity index (χ2v) is 7.65. The van der Waals surface area contributed by atoms with Crippen LogP contribution in [0.3, 0.4) is 0 Å². The first-order valence-corrected chi connectivity index (χ1v) is 9.70. The van der Waals surface area contributed by atoms with Crippen molar-refractivity contribution in [1.82, 2.24) is 10.6 Å². The van der Waals surface area contributed by atoms with Gasteiger partial charge in [0.2, 0.25) is 0 Å². The van der Waals surface area contributed by atoms with Gasteiger partial charge < -0.3 is 10.4 Å². The highest BCUT2D eigenvalue weighted by Crippen LogP contribution is 2.10. The molecule has 0 aromatic heterocycles. The van der Waals surface area contributed by atoms with Gasteiger partial charge in [-0.1, -0.05) is 25.0 Å². The smallest absolute Gasteiger partial charge is 0.175 e. The summed E-state index contributed by atoms with van der Waals surface area (Å²) in [6, 6.07) is 7.01. The number of unbranched alkanes of at least 4 members (excludes halogenated alkanes) is 3. The molecule has 0 radical (unpaired) electrons. The molecule has 0 amide bonds. The van der Waals surface area contributed by atoms with Gasteiger partial charge in [0, 0.05) is 12.8 Å². The number of aliphatic hydroxyl groups excluding tert-OH is 1. The van der Waals surface area contributed by atoms with Crippen LogP contribution in [0.4, 0.5) is 0 Å². The molecule has 126 valence electrons. The topological polar surface area (TPSA) is 78.4 Å². The molecule has 1 unspecified atom stereocenters. The Balaban J connectivity index is 2.08.